The fourth-order valence-electron chi connectivity index (χ4n) is 2.42. The van der Waals surface area contributed by atoms with Crippen LogP contribution in [-0.4, -0.2) is 5.91 Å². The number of rotatable bonds is 6. The number of para-hydroxylation sites is 1. The van der Waals surface area contributed by atoms with Gasteiger partial charge < -0.3 is 10.1 Å². The second kappa shape index (κ2) is 8.11. The van der Waals surface area contributed by atoms with E-state index in [0.717, 1.165) is 11.1 Å². The number of nitrogens with one attached hydrogen (secondary N) is 1. The Balaban J connectivity index is 1.74. The first-order chi connectivity index (χ1) is 12.2. The van der Waals surface area contributed by atoms with Gasteiger partial charge in [-0.1, -0.05) is 60.7 Å². The van der Waals surface area contributed by atoms with Gasteiger partial charge in [-0.25, -0.2) is 4.39 Å². The summed E-state index contributed by atoms with van der Waals surface area (Å²) in [6.45, 7) is 0.306. The predicted molar refractivity (Wildman–Crippen MR) is 94.5 cm³/mol. The van der Waals surface area contributed by atoms with Gasteiger partial charge in [0.1, 0.15) is 11.6 Å². The molecule has 1 atom stereocenters. The highest BCUT2D eigenvalue weighted by Gasteiger charge is 2.22. The van der Waals surface area contributed by atoms with Crippen molar-refractivity contribution in [3.63, 3.8) is 0 Å². The Hall–Kier alpha value is -3.14. The molecule has 0 fully saturated rings. The van der Waals surface area contributed by atoms with Gasteiger partial charge in [0.15, 0.2) is 0 Å². The van der Waals surface area contributed by atoms with Crippen LogP contribution < -0.4 is 10.1 Å². The molecule has 0 aromatic heterocycles. The van der Waals surface area contributed by atoms with Gasteiger partial charge in [0, 0.05) is 12.1 Å². The van der Waals surface area contributed by atoms with Gasteiger partial charge in [-0.05, 0) is 29.8 Å². The van der Waals surface area contributed by atoms with Gasteiger partial charge in [-0.15, -0.1) is 0 Å². The third-order valence-electron chi connectivity index (χ3n) is 3.72. The molecule has 0 aliphatic carbocycles. The molecular weight excluding hydrogens is 317 g/mol. The summed E-state index contributed by atoms with van der Waals surface area (Å²) in [6, 6.07) is 24.6. The summed E-state index contributed by atoms with van der Waals surface area (Å²) in [7, 11) is 0. The molecule has 3 aromatic rings. The monoisotopic (exact) mass is 335 g/mol. The van der Waals surface area contributed by atoms with Crippen molar-refractivity contribution in [1.82, 2.24) is 5.32 Å². The molecule has 0 radical (unpaired) electrons. The fourth-order valence-corrected chi connectivity index (χ4v) is 2.42. The lowest BCUT2D eigenvalue weighted by Crippen LogP contribution is -2.32. The predicted octanol–water partition coefficient (Wildman–Crippen LogP) is 4.26. The summed E-state index contributed by atoms with van der Waals surface area (Å²) >= 11 is 0. The molecule has 1 amide bonds. The minimum atomic E-state index is -0.760. The zero-order chi connectivity index (χ0) is 17.5. The van der Waals surface area contributed by atoms with Gasteiger partial charge in [0.05, 0.1) is 0 Å². The third kappa shape index (κ3) is 4.67. The summed E-state index contributed by atoms with van der Waals surface area (Å²) in [6.07, 6.45) is -0.760. The van der Waals surface area contributed by atoms with Crippen LogP contribution >= 0.6 is 0 Å². The van der Waals surface area contributed by atoms with E-state index in [1.54, 1.807) is 12.1 Å². The topological polar surface area (TPSA) is 38.3 Å². The lowest BCUT2D eigenvalue weighted by molar-refractivity contribution is -0.128. The summed E-state index contributed by atoms with van der Waals surface area (Å²) in [5.74, 6) is 0.0670. The van der Waals surface area contributed by atoms with Crippen LogP contribution in [0.5, 0.6) is 5.75 Å². The second-order valence-corrected chi connectivity index (χ2v) is 5.57. The number of hydrogen-bond donors (Lipinski definition) is 1. The number of amides is 1. The van der Waals surface area contributed by atoms with E-state index in [-0.39, 0.29) is 11.7 Å². The van der Waals surface area contributed by atoms with Crippen LogP contribution in [-0.2, 0) is 11.3 Å². The molecular formula is C21H18FNO2. The first kappa shape index (κ1) is 16.7. The first-order valence-corrected chi connectivity index (χ1v) is 8.01. The van der Waals surface area contributed by atoms with Crippen LogP contribution in [0.4, 0.5) is 4.39 Å². The Bertz CT molecular complexity index is 804. The largest absolute Gasteiger partial charge is 0.476 e. The fraction of sp³-hybridized carbons (Fsp3) is 0.0952. The molecule has 3 rings (SSSR count). The molecule has 0 aliphatic rings. The number of carbonyl (C=O) groups excluding carboxylic acids is 1. The van der Waals surface area contributed by atoms with Crippen molar-refractivity contribution >= 4 is 5.91 Å². The van der Waals surface area contributed by atoms with Crippen molar-refractivity contribution in [2.75, 3.05) is 0 Å². The van der Waals surface area contributed by atoms with Gasteiger partial charge in [0.25, 0.3) is 5.91 Å². The molecule has 126 valence electrons. The quantitative estimate of drug-likeness (QED) is 0.731. The molecule has 4 heteroatoms. The lowest BCUT2D eigenvalue weighted by atomic mass is 10.1. The zero-order valence-corrected chi connectivity index (χ0v) is 13.6. The standard InChI is InChI=1S/C21H18FNO2/c22-18-13-11-16(12-14-18)15-23-21(24)20(17-7-3-1-4-8-17)25-19-9-5-2-6-10-19/h1-14,20H,15H2,(H,23,24). The van der Waals surface area contributed by atoms with Crippen molar-refractivity contribution in [3.8, 4) is 5.75 Å². The normalized spacial score (nSPS) is 11.6. The van der Waals surface area contributed by atoms with E-state index in [2.05, 4.69) is 5.32 Å². The molecule has 25 heavy (non-hydrogen) atoms. The van der Waals surface area contributed by atoms with Crippen LogP contribution in [0.15, 0.2) is 84.9 Å². The Morgan fingerprint density at radius 2 is 1.48 bits per heavy atom. The van der Waals surface area contributed by atoms with Gasteiger partial charge >= 0.3 is 0 Å². The Labute approximate surface area is 146 Å². The maximum Gasteiger partial charge on any atom is 0.266 e. The van der Waals surface area contributed by atoms with E-state index in [9.17, 15) is 9.18 Å². The van der Waals surface area contributed by atoms with Crippen LogP contribution in [0.2, 0.25) is 0 Å². The maximum atomic E-state index is 13.0. The van der Waals surface area contributed by atoms with Crippen LogP contribution in [0.25, 0.3) is 0 Å². The van der Waals surface area contributed by atoms with Crippen molar-refractivity contribution in [3.05, 3.63) is 102 Å². The minimum Gasteiger partial charge on any atom is -0.476 e. The van der Waals surface area contributed by atoms with E-state index in [4.69, 9.17) is 4.74 Å². The molecule has 0 aliphatic heterocycles. The van der Waals surface area contributed by atoms with Crippen molar-refractivity contribution < 1.29 is 13.9 Å². The van der Waals surface area contributed by atoms with E-state index >= 15 is 0 Å². The molecule has 0 heterocycles. The van der Waals surface area contributed by atoms with Gasteiger partial charge in [-0.3, -0.25) is 4.79 Å². The number of halogens is 1. The molecule has 0 saturated carbocycles. The van der Waals surface area contributed by atoms with E-state index in [1.807, 2.05) is 60.7 Å². The summed E-state index contributed by atoms with van der Waals surface area (Å²) in [5, 5.41) is 2.85. The molecule has 3 aromatic carbocycles. The number of carbonyl (C=O) groups is 1. The number of benzene rings is 3. The van der Waals surface area contributed by atoms with Gasteiger partial charge in [-0.2, -0.15) is 0 Å². The minimum absolute atomic E-state index is 0.251. The Kier molecular flexibility index (Phi) is 5.42. The van der Waals surface area contributed by atoms with Crippen molar-refractivity contribution in [1.29, 1.82) is 0 Å². The highest BCUT2D eigenvalue weighted by Crippen LogP contribution is 2.22. The average Bonchev–Trinajstić information content (AvgIpc) is 2.67. The maximum absolute atomic E-state index is 13.0. The highest BCUT2D eigenvalue weighted by molar-refractivity contribution is 5.82. The smallest absolute Gasteiger partial charge is 0.266 e. The van der Waals surface area contributed by atoms with Crippen LogP contribution in [0.3, 0.4) is 0 Å². The first-order valence-electron chi connectivity index (χ1n) is 8.01. The van der Waals surface area contributed by atoms with E-state index in [1.165, 1.54) is 12.1 Å². The molecule has 0 bridgehead atoms. The SMILES string of the molecule is O=C(NCc1ccc(F)cc1)C(Oc1ccccc1)c1ccccc1. The zero-order valence-electron chi connectivity index (χ0n) is 13.6. The summed E-state index contributed by atoms with van der Waals surface area (Å²) < 4.78 is 18.9. The molecule has 1 unspecified atom stereocenters. The summed E-state index contributed by atoms with van der Waals surface area (Å²) in [5.41, 5.74) is 1.59. The molecule has 0 spiro atoms. The Morgan fingerprint density at radius 3 is 2.12 bits per heavy atom. The highest BCUT2D eigenvalue weighted by atomic mass is 19.1. The summed E-state index contributed by atoms with van der Waals surface area (Å²) in [4.78, 5) is 12.7. The van der Waals surface area contributed by atoms with Crippen LogP contribution in [0.1, 0.15) is 17.2 Å². The van der Waals surface area contributed by atoms with Crippen molar-refractivity contribution in [2.24, 2.45) is 0 Å². The van der Waals surface area contributed by atoms with Gasteiger partial charge in [0.2, 0.25) is 6.10 Å². The van der Waals surface area contributed by atoms with Crippen LogP contribution in [0, 0.1) is 5.82 Å². The number of hydrogen-bond acceptors (Lipinski definition) is 2. The molecule has 1 N–H and O–H groups in total. The number of ether oxygens (including phenoxy) is 1. The van der Waals surface area contributed by atoms with E-state index < -0.39 is 6.10 Å². The molecule has 3 nitrogen and oxygen atoms in total. The lowest BCUT2D eigenvalue weighted by Gasteiger charge is -2.19. The molecule has 0 saturated heterocycles. The van der Waals surface area contributed by atoms with E-state index in [0.29, 0.717) is 12.3 Å². The second-order valence-electron chi connectivity index (χ2n) is 5.57. The third-order valence-corrected chi connectivity index (χ3v) is 3.72. The average molecular weight is 335 g/mol. The Morgan fingerprint density at radius 1 is 0.880 bits per heavy atom. The van der Waals surface area contributed by atoms with Crippen molar-refractivity contribution in [2.45, 2.75) is 12.6 Å².